The second-order valence-corrected chi connectivity index (χ2v) is 5.93. The monoisotopic (exact) mass is 340 g/mol. The van der Waals surface area contributed by atoms with E-state index in [4.69, 9.17) is 0 Å². The number of nitrogens with zero attached hydrogens (tertiary/aromatic N) is 2. The zero-order valence-corrected chi connectivity index (χ0v) is 14.0. The standard InChI is InChI=1S/C19H20N2O4/c1-2-3-14-19(25-24)17(22)20(15-10-6-4-7-11-15)21(18(19)23)16-12-8-5-9-13-16/h4-13,24H,2-3,14H2,1H3. The number of amides is 2. The summed E-state index contributed by atoms with van der Waals surface area (Å²) in [5.41, 5.74) is -0.859. The molecule has 0 aromatic heterocycles. The number of hydrogen-bond donors (Lipinski definition) is 1. The van der Waals surface area contributed by atoms with Crippen molar-refractivity contribution in [3.05, 3.63) is 60.7 Å². The largest absolute Gasteiger partial charge is 0.291 e. The second kappa shape index (κ2) is 7.04. The molecule has 6 heteroatoms. The van der Waals surface area contributed by atoms with Gasteiger partial charge in [0.2, 0.25) is 0 Å². The first-order valence-electron chi connectivity index (χ1n) is 8.27. The van der Waals surface area contributed by atoms with Crippen molar-refractivity contribution < 1.29 is 19.7 Å². The second-order valence-electron chi connectivity index (χ2n) is 5.93. The van der Waals surface area contributed by atoms with Gasteiger partial charge >= 0.3 is 0 Å². The van der Waals surface area contributed by atoms with Gasteiger partial charge in [0.05, 0.1) is 11.4 Å². The molecule has 0 unspecified atom stereocenters. The molecule has 130 valence electrons. The van der Waals surface area contributed by atoms with Crippen LogP contribution in [0.4, 0.5) is 11.4 Å². The van der Waals surface area contributed by atoms with Crippen molar-refractivity contribution in [1.29, 1.82) is 0 Å². The number of carbonyl (C=O) groups excluding carboxylic acids is 2. The van der Waals surface area contributed by atoms with Crippen molar-refractivity contribution in [2.24, 2.45) is 0 Å². The molecule has 2 amide bonds. The van der Waals surface area contributed by atoms with E-state index < -0.39 is 17.4 Å². The lowest BCUT2D eigenvalue weighted by Gasteiger charge is -2.27. The summed E-state index contributed by atoms with van der Waals surface area (Å²) in [6.07, 6.45) is 1.45. The summed E-state index contributed by atoms with van der Waals surface area (Å²) in [6.45, 7) is 1.94. The number of carbonyl (C=O) groups is 2. The summed E-state index contributed by atoms with van der Waals surface area (Å²) in [5.74, 6) is -1.19. The maximum Gasteiger partial charge on any atom is 0.291 e. The number of rotatable bonds is 6. The summed E-state index contributed by atoms with van der Waals surface area (Å²) < 4.78 is 0. The van der Waals surface area contributed by atoms with Gasteiger partial charge in [-0.2, -0.15) is 0 Å². The van der Waals surface area contributed by atoms with Crippen LogP contribution in [0.5, 0.6) is 0 Å². The van der Waals surface area contributed by atoms with Gasteiger partial charge in [-0.1, -0.05) is 49.7 Å². The van der Waals surface area contributed by atoms with Gasteiger partial charge in [-0.25, -0.2) is 14.9 Å². The van der Waals surface area contributed by atoms with Crippen LogP contribution in [0, 0.1) is 0 Å². The lowest BCUT2D eigenvalue weighted by Crippen LogP contribution is -2.46. The highest BCUT2D eigenvalue weighted by atomic mass is 17.1. The number of para-hydroxylation sites is 2. The number of unbranched alkanes of at least 4 members (excludes halogenated alkanes) is 1. The van der Waals surface area contributed by atoms with E-state index in [0.29, 0.717) is 17.8 Å². The van der Waals surface area contributed by atoms with Gasteiger partial charge in [0.15, 0.2) is 0 Å². The molecule has 1 fully saturated rings. The van der Waals surface area contributed by atoms with Crippen LogP contribution >= 0.6 is 0 Å². The third-order valence-electron chi connectivity index (χ3n) is 4.32. The zero-order valence-electron chi connectivity index (χ0n) is 14.0. The van der Waals surface area contributed by atoms with Crippen LogP contribution in [0.3, 0.4) is 0 Å². The number of hydrogen-bond acceptors (Lipinski definition) is 4. The van der Waals surface area contributed by atoms with Crippen molar-refractivity contribution in [1.82, 2.24) is 0 Å². The van der Waals surface area contributed by atoms with Crippen LogP contribution in [0.2, 0.25) is 0 Å². The molecular formula is C19H20N2O4. The van der Waals surface area contributed by atoms with Gasteiger partial charge in [0, 0.05) is 0 Å². The lowest BCUT2D eigenvalue weighted by molar-refractivity contribution is -0.299. The molecule has 25 heavy (non-hydrogen) atoms. The van der Waals surface area contributed by atoms with E-state index in [1.165, 1.54) is 10.0 Å². The SMILES string of the molecule is CCCCC1(OO)C(=O)N(c2ccccc2)N(c2ccccc2)C1=O. The van der Waals surface area contributed by atoms with Gasteiger partial charge in [-0.15, -0.1) is 0 Å². The van der Waals surface area contributed by atoms with E-state index in [9.17, 15) is 14.8 Å². The fourth-order valence-corrected chi connectivity index (χ4v) is 2.98. The molecule has 6 nitrogen and oxygen atoms in total. The predicted molar refractivity (Wildman–Crippen MR) is 93.8 cm³/mol. The summed E-state index contributed by atoms with van der Waals surface area (Å²) in [6, 6.07) is 17.7. The Morgan fingerprint density at radius 3 is 1.68 bits per heavy atom. The molecule has 1 saturated heterocycles. The fourth-order valence-electron chi connectivity index (χ4n) is 2.98. The molecule has 0 aliphatic carbocycles. The zero-order chi connectivity index (χ0) is 17.9. The molecule has 0 atom stereocenters. The molecular weight excluding hydrogens is 320 g/mol. The van der Waals surface area contributed by atoms with Crippen LogP contribution in [-0.4, -0.2) is 22.7 Å². The van der Waals surface area contributed by atoms with Crippen molar-refractivity contribution in [2.45, 2.75) is 31.8 Å². The third kappa shape index (κ3) is 2.79. The van der Waals surface area contributed by atoms with Crippen molar-refractivity contribution in [2.75, 3.05) is 10.0 Å². The first-order chi connectivity index (χ1) is 12.2. The predicted octanol–water partition coefficient (Wildman–Crippen LogP) is 3.40. The van der Waals surface area contributed by atoms with Crippen LogP contribution in [0.25, 0.3) is 0 Å². The van der Waals surface area contributed by atoms with E-state index in [1.807, 2.05) is 19.1 Å². The minimum atomic E-state index is -1.91. The van der Waals surface area contributed by atoms with Crippen LogP contribution in [-0.2, 0) is 14.5 Å². The maximum absolute atomic E-state index is 13.1. The van der Waals surface area contributed by atoms with E-state index in [2.05, 4.69) is 4.89 Å². The minimum Gasteiger partial charge on any atom is -0.268 e. The van der Waals surface area contributed by atoms with E-state index >= 15 is 0 Å². The Labute approximate surface area is 146 Å². The Morgan fingerprint density at radius 1 is 0.880 bits per heavy atom. The molecule has 0 radical (unpaired) electrons. The smallest absolute Gasteiger partial charge is 0.268 e. The average molecular weight is 340 g/mol. The molecule has 1 aliphatic rings. The van der Waals surface area contributed by atoms with E-state index in [1.54, 1.807) is 48.5 Å². The first kappa shape index (κ1) is 17.1. The Bertz CT molecular complexity index is 691. The molecule has 1 aliphatic heterocycles. The Kier molecular flexibility index (Phi) is 4.83. The molecule has 2 aromatic carbocycles. The molecule has 1 N–H and O–H groups in total. The van der Waals surface area contributed by atoms with Crippen LogP contribution in [0.1, 0.15) is 26.2 Å². The van der Waals surface area contributed by atoms with E-state index in [-0.39, 0.29) is 6.42 Å². The van der Waals surface area contributed by atoms with Gasteiger partial charge < -0.3 is 0 Å². The number of hydrazine groups is 1. The Morgan fingerprint density at radius 2 is 1.32 bits per heavy atom. The number of benzene rings is 2. The van der Waals surface area contributed by atoms with Gasteiger partial charge in [-0.3, -0.25) is 14.8 Å². The van der Waals surface area contributed by atoms with Gasteiger partial charge in [0.25, 0.3) is 17.4 Å². The maximum atomic E-state index is 13.1. The summed E-state index contributed by atoms with van der Waals surface area (Å²) >= 11 is 0. The molecule has 0 spiro atoms. The Balaban J connectivity index is 2.13. The molecule has 1 heterocycles. The summed E-state index contributed by atoms with van der Waals surface area (Å²) in [5, 5.41) is 12.1. The third-order valence-corrected chi connectivity index (χ3v) is 4.32. The topological polar surface area (TPSA) is 70.1 Å². The fraction of sp³-hybridized carbons (Fsp3) is 0.263. The first-order valence-corrected chi connectivity index (χ1v) is 8.27. The quantitative estimate of drug-likeness (QED) is 0.497. The highest BCUT2D eigenvalue weighted by Gasteiger charge is 2.61. The number of anilines is 2. The molecule has 0 saturated carbocycles. The molecule has 0 bridgehead atoms. The van der Waals surface area contributed by atoms with Crippen molar-refractivity contribution in [3.63, 3.8) is 0 Å². The lowest BCUT2D eigenvalue weighted by atomic mass is 9.95. The van der Waals surface area contributed by atoms with Crippen LogP contribution < -0.4 is 10.0 Å². The molecule has 3 rings (SSSR count). The average Bonchev–Trinajstić information content (AvgIpc) is 2.89. The normalized spacial score (nSPS) is 16.6. The van der Waals surface area contributed by atoms with Crippen molar-refractivity contribution >= 4 is 23.2 Å². The minimum absolute atomic E-state index is 0.115. The van der Waals surface area contributed by atoms with Gasteiger partial charge in [-0.05, 0) is 37.1 Å². The summed E-state index contributed by atoms with van der Waals surface area (Å²) in [4.78, 5) is 30.8. The van der Waals surface area contributed by atoms with Crippen LogP contribution in [0.15, 0.2) is 60.7 Å². The highest BCUT2D eigenvalue weighted by molar-refractivity contribution is 6.28. The highest BCUT2D eigenvalue weighted by Crippen LogP contribution is 2.37. The van der Waals surface area contributed by atoms with Gasteiger partial charge in [0.1, 0.15) is 0 Å². The summed E-state index contributed by atoms with van der Waals surface area (Å²) in [7, 11) is 0. The molecule has 2 aromatic rings. The Hall–Kier alpha value is -2.70. The van der Waals surface area contributed by atoms with Crippen molar-refractivity contribution in [3.8, 4) is 0 Å². The van der Waals surface area contributed by atoms with E-state index in [0.717, 1.165) is 6.42 Å².